The number of aromatic nitrogens is 3. The molecule has 0 aliphatic heterocycles. The van der Waals surface area contributed by atoms with Crippen molar-refractivity contribution in [3.8, 4) is 0 Å². The topological polar surface area (TPSA) is 50.7 Å². The van der Waals surface area contributed by atoms with Gasteiger partial charge in [-0.3, -0.25) is 0 Å². The lowest BCUT2D eigenvalue weighted by Gasteiger charge is -2.09. The predicted octanol–water partition coefficient (Wildman–Crippen LogP) is 3.84. The van der Waals surface area contributed by atoms with Crippen molar-refractivity contribution >= 4 is 38.5 Å². The molecule has 0 atom stereocenters. The Bertz CT molecular complexity index is 737. The van der Waals surface area contributed by atoms with E-state index in [1.807, 2.05) is 30.3 Å². The van der Waals surface area contributed by atoms with Crippen molar-refractivity contribution in [2.45, 2.75) is 6.92 Å². The Labute approximate surface area is 119 Å². The van der Waals surface area contributed by atoms with E-state index in [0.717, 1.165) is 21.4 Å². The smallest absolute Gasteiger partial charge is 0.164 e. The number of nitrogens with one attached hydrogen (secondary N) is 1. The van der Waals surface area contributed by atoms with Gasteiger partial charge in [-0.25, -0.2) is 15.0 Å². The van der Waals surface area contributed by atoms with E-state index >= 15 is 0 Å². The van der Waals surface area contributed by atoms with E-state index in [0.29, 0.717) is 5.65 Å². The molecule has 3 aromatic rings. The maximum Gasteiger partial charge on any atom is 0.164 e. The normalized spacial score (nSPS) is 10.6. The summed E-state index contributed by atoms with van der Waals surface area (Å²) in [4.78, 5) is 12.6. The highest BCUT2D eigenvalue weighted by Gasteiger charge is 2.05. The van der Waals surface area contributed by atoms with Gasteiger partial charge in [0.2, 0.25) is 0 Å². The van der Waals surface area contributed by atoms with E-state index in [2.05, 4.69) is 43.1 Å². The third kappa shape index (κ3) is 2.42. The van der Waals surface area contributed by atoms with Crippen LogP contribution in [-0.4, -0.2) is 15.0 Å². The fourth-order valence-electron chi connectivity index (χ4n) is 1.80. The van der Waals surface area contributed by atoms with Crippen molar-refractivity contribution in [1.82, 2.24) is 15.0 Å². The molecular weight excluding hydrogens is 304 g/mol. The second-order valence-corrected chi connectivity index (χ2v) is 5.04. The number of pyridine rings is 1. The van der Waals surface area contributed by atoms with E-state index in [1.165, 1.54) is 11.9 Å². The zero-order chi connectivity index (χ0) is 13.2. The summed E-state index contributed by atoms with van der Waals surface area (Å²) in [6.07, 6.45) is 3.24. The van der Waals surface area contributed by atoms with Gasteiger partial charge in [-0.1, -0.05) is 22.0 Å². The van der Waals surface area contributed by atoms with Gasteiger partial charge in [0.05, 0.1) is 5.39 Å². The minimum atomic E-state index is 0.686. The lowest BCUT2D eigenvalue weighted by atomic mass is 10.2. The van der Waals surface area contributed by atoms with Gasteiger partial charge in [0.15, 0.2) is 5.65 Å². The van der Waals surface area contributed by atoms with Gasteiger partial charge in [0.1, 0.15) is 12.1 Å². The molecular formula is C14H11BrN4. The van der Waals surface area contributed by atoms with E-state index in [9.17, 15) is 0 Å². The summed E-state index contributed by atoms with van der Waals surface area (Å²) in [6.45, 7) is 2.05. The van der Waals surface area contributed by atoms with E-state index in [1.54, 1.807) is 6.20 Å². The average molecular weight is 315 g/mol. The van der Waals surface area contributed by atoms with Crippen molar-refractivity contribution in [3.63, 3.8) is 0 Å². The summed E-state index contributed by atoms with van der Waals surface area (Å²) in [6, 6.07) is 9.92. The molecule has 0 spiro atoms. The van der Waals surface area contributed by atoms with E-state index < -0.39 is 0 Å². The summed E-state index contributed by atoms with van der Waals surface area (Å²) < 4.78 is 1.06. The molecule has 0 aliphatic rings. The van der Waals surface area contributed by atoms with Gasteiger partial charge < -0.3 is 5.32 Å². The molecule has 0 unspecified atom stereocenters. The minimum Gasteiger partial charge on any atom is -0.340 e. The zero-order valence-corrected chi connectivity index (χ0v) is 11.8. The molecule has 2 heterocycles. The number of benzene rings is 1. The molecule has 0 bridgehead atoms. The number of halogens is 1. The Hall–Kier alpha value is -2.01. The van der Waals surface area contributed by atoms with Crippen LogP contribution in [0.25, 0.3) is 11.0 Å². The Morgan fingerprint density at radius 3 is 2.84 bits per heavy atom. The standard InChI is InChI=1S/C14H11BrN4/c1-9-4-5-10(7-12(9)15)19-14-11-3-2-6-16-13(11)17-8-18-14/h2-8H,1H3,(H,16,17,18,19). The lowest BCUT2D eigenvalue weighted by Crippen LogP contribution is -1.97. The van der Waals surface area contributed by atoms with Crippen LogP contribution in [0.15, 0.2) is 47.3 Å². The summed E-state index contributed by atoms with van der Waals surface area (Å²) in [7, 11) is 0. The molecule has 19 heavy (non-hydrogen) atoms. The summed E-state index contributed by atoms with van der Waals surface area (Å²) in [5.74, 6) is 0.758. The molecule has 4 nitrogen and oxygen atoms in total. The van der Waals surface area contributed by atoms with E-state index in [4.69, 9.17) is 0 Å². The number of hydrogen-bond acceptors (Lipinski definition) is 4. The molecule has 1 N–H and O–H groups in total. The largest absolute Gasteiger partial charge is 0.340 e. The van der Waals surface area contributed by atoms with Crippen molar-refractivity contribution in [1.29, 1.82) is 0 Å². The lowest BCUT2D eigenvalue weighted by molar-refractivity contribution is 1.18. The van der Waals surface area contributed by atoms with Crippen LogP contribution >= 0.6 is 15.9 Å². The van der Waals surface area contributed by atoms with Gasteiger partial charge in [0, 0.05) is 16.4 Å². The molecule has 2 aromatic heterocycles. The van der Waals surface area contributed by atoms with Crippen LogP contribution in [0.2, 0.25) is 0 Å². The molecule has 5 heteroatoms. The fourth-order valence-corrected chi connectivity index (χ4v) is 2.18. The summed E-state index contributed by atoms with van der Waals surface area (Å²) in [5.41, 5.74) is 2.85. The third-order valence-corrected chi connectivity index (χ3v) is 3.70. The Morgan fingerprint density at radius 2 is 2.00 bits per heavy atom. The molecule has 0 amide bonds. The monoisotopic (exact) mass is 314 g/mol. The zero-order valence-electron chi connectivity index (χ0n) is 10.3. The first-order chi connectivity index (χ1) is 9.24. The molecule has 0 saturated heterocycles. The van der Waals surface area contributed by atoms with Gasteiger partial charge >= 0.3 is 0 Å². The number of aryl methyl sites for hydroxylation is 1. The Balaban J connectivity index is 2.03. The van der Waals surface area contributed by atoms with Crippen LogP contribution in [0, 0.1) is 6.92 Å². The second-order valence-electron chi connectivity index (χ2n) is 4.19. The third-order valence-electron chi connectivity index (χ3n) is 2.84. The van der Waals surface area contributed by atoms with Crippen LogP contribution in [0.1, 0.15) is 5.56 Å². The van der Waals surface area contributed by atoms with Gasteiger partial charge in [-0.15, -0.1) is 0 Å². The summed E-state index contributed by atoms with van der Waals surface area (Å²) in [5, 5.41) is 4.20. The maximum atomic E-state index is 4.28. The Kier molecular flexibility index (Phi) is 3.13. The van der Waals surface area contributed by atoms with Crippen LogP contribution in [-0.2, 0) is 0 Å². The number of hydrogen-bond donors (Lipinski definition) is 1. The van der Waals surface area contributed by atoms with Gasteiger partial charge in [-0.05, 0) is 36.8 Å². The Morgan fingerprint density at radius 1 is 1.11 bits per heavy atom. The number of nitrogens with zero attached hydrogens (tertiary/aromatic N) is 3. The number of fused-ring (bicyclic) bond motifs is 1. The van der Waals surface area contributed by atoms with Crippen LogP contribution in [0.4, 0.5) is 11.5 Å². The molecule has 0 fully saturated rings. The van der Waals surface area contributed by atoms with Gasteiger partial charge in [-0.2, -0.15) is 0 Å². The highest BCUT2D eigenvalue weighted by Crippen LogP contribution is 2.25. The fraction of sp³-hybridized carbons (Fsp3) is 0.0714. The van der Waals surface area contributed by atoms with Crippen LogP contribution in [0.5, 0.6) is 0 Å². The molecule has 0 saturated carbocycles. The first kappa shape index (κ1) is 12.0. The molecule has 3 rings (SSSR count). The summed E-state index contributed by atoms with van der Waals surface area (Å²) >= 11 is 3.52. The van der Waals surface area contributed by atoms with Crippen molar-refractivity contribution in [2.24, 2.45) is 0 Å². The predicted molar refractivity (Wildman–Crippen MR) is 79.5 cm³/mol. The molecule has 94 valence electrons. The molecule has 0 aliphatic carbocycles. The van der Waals surface area contributed by atoms with E-state index in [-0.39, 0.29) is 0 Å². The minimum absolute atomic E-state index is 0.686. The first-order valence-corrected chi connectivity index (χ1v) is 6.62. The quantitative estimate of drug-likeness (QED) is 0.780. The first-order valence-electron chi connectivity index (χ1n) is 5.83. The number of anilines is 2. The average Bonchev–Trinajstić information content (AvgIpc) is 2.43. The SMILES string of the molecule is Cc1ccc(Nc2ncnc3ncccc23)cc1Br. The van der Waals surface area contributed by atoms with Crippen LogP contribution < -0.4 is 5.32 Å². The second kappa shape index (κ2) is 4.93. The highest BCUT2D eigenvalue weighted by molar-refractivity contribution is 9.10. The van der Waals surface area contributed by atoms with Crippen molar-refractivity contribution < 1.29 is 0 Å². The highest BCUT2D eigenvalue weighted by atomic mass is 79.9. The van der Waals surface area contributed by atoms with Gasteiger partial charge in [0.25, 0.3) is 0 Å². The number of rotatable bonds is 2. The molecule has 0 radical (unpaired) electrons. The van der Waals surface area contributed by atoms with Crippen molar-refractivity contribution in [2.75, 3.05) is 5.32 Å². The van der Waals surface area contributed by atoms with Crippen molar-refractivity contribution in [3.05, 3.63) is 52.9 Å². The maximum absolute atomic E-state index is 4.28. The molecule has 1 aromatic carbocycles. The van der Waals surface area contributed by atoms with Crippen LogP contribution in [0.3, 0.4) is 0 Å².